The van der Waals surface area contributed by atoms with Crippen LogP contribution in [0, 0.1) is 5.92 Å². The molecule has 0 aromatic heterocycles. The summed E-state index contributed by atoms with van der Waals surface area (Å²) in [7, 11) is 0. The molecule has 1 saturated carbocycles. The van der Waals surface area contributed by atoms with Crippen molar-refractivity contribution < 1.29 is 19.4 Å². The molecular weight excluding hydrogens is 222 g/mol. The molecule has 96 valence electrons. The van der Waals surface area contributed by atoms with Crippen molar-refractivity contribution in [2.45, 2.75) is 38.1 Å². The van der Waals surface area contributed by atoms with E-state index in [-0.39, 0.29) is 18.5 Å². The molecule has 0 bridgehead atoms. The van der Waals surface area contributed by atoms with Crippen molar-refractivity contribution in [1.29, 1.82) is 0 Å². The molecule has 1 N–H and O–H groups in total. The fourth-order valence-corrected chi connectivity index (χ4v) is 2.24. The Morgan fingerprint density at radius 2 is 2.06 bits per heavy atom. The Bertz CT molecular complexity index is 295. The van der Waals surface area contributed by atoms with Gasteiger partial charge in [0.05, 0.1) is 0 Å². The summed E-state index contributed by atoms with van der Waals surface area (Å²) in [5.74, 6) is -0.457. The Morgan fingerprint density at radius 3 is 2.59 bits per heavy atom. The van der Waals surface area contributed by atoms with Gasteiger partial charge in [0.1, 0.15) is 6.54 Å². The third-order valence-electron chi connectivity index (χ3n) is 3.40. The maximum absolute atomic E-state index is 11.9. The van der Waals surface area contributed by atoms with Crippen LogP contribution in [-0.4, -0.2) is 47.7 Å². The van der Waals surface area contributed by atoms with E-state index in [1.807, 2.05) is 0 Å². The highest BCUT2D eigenvalue weighted by Gasteiger charge is 2.33. The maximum Gasteiger partial charge on any atom is 0.323 e. The molecule has 1 atom stereocenters. The van der Waals surface area contributed by atoms with Gasteiger partial charge in [-0.25, -0.2) is 0 Å². The lowest BCUT2D eigenvalue weighted by Gasteiger charge is -2.20. The van der Waals surface area contributed by atoms with Gasteiger partial charge in [0.25, 0.3) is 0 Å². The second-order valence-electron chi connectivity index (χ2n) is 4.91. The molecule has 0 radical (unpaired) electrons. The van der Waals surface area contributed by atoms with Gasteiger partial charge in [-0.2, -0.15) is 0 Å². The monoisotopic (exact) mass is 241 g/mol. The Labute approximate surface area is 101 Å². The molecule has 0 aromatic rings. The average Bonchev–Trinajstić information content (AvgIpc) is 2.99. The van der Waals surface area contributed by atoms with E-state index in [1.54, 1.807) is 0 Å². The normalized spacial score (nSPS) is 23.6. The van der Waals surface area contributed by atoms with E-state index in [0.29, 0.717) is 12.3 Å². The van der Waals surface area contributed by atoms with Crippen molar-refractivity contribution in [3.63, 3.8) is 0 Å². The Morgan fingerprint density at radius 1 is 1.29 bits per heavy atom. The molecule has 0 aromatic carbocycles. The summed E-state index contributed by atoms with van der Waals surface area (Å²) in [4.78, 5) is 24.2. The third-order valence-corrected chi connectivity index (χ3v) is 3.40. The minimum absolute atomic E-state index is 0.0122. The molecule has 2 aliphatic rings. The van der Waals surface area contributed by atoms with Gasteiger partial charge < -0.3 is 14.7 Å². The standard InChI is InChI=1S/C12H19NO4/c14-11(4-1-9-5-6-17-8-9)13(7-12(15)16)10-2-3-10/h9-10H,1-8H2,(H,15,16). The number of carbonyl (C=O) groups is 2. The van der Waals surface area contributed by atoms with E-state index in [0.717, 1.165) is 38.9 Å². The minimum atomic E-state index is -0.922. The molecule has 5 heteroatoms. The van der Waals surface area contributed by atoms with E-state index in [4.69, 9.17) is 9.84 Å². The van der Waals surface area contributed by atoms with Crippen molar-refractivity contribution in [3.05, 3.63) is 0 Å². The molecule has 17 heavy (non-hydrogen) atoms. The lowest BCUT2D eigenvalue weighted by Crippen LogP contribution is -2.37. The Kier molecular flexibility index (Phi) is 3.99. The zero-order valence-corrected chi connectivity index (χ0v) is 9.93. The van der Waals surface area contributed by atoms with Crippen LogP contribution in [0.1, 0.15) is 32.1 Å². The van der Waals surface area contributed by atoms with Crippen molar-refractivity contribution >= 4 is 11.9 Å². The second-order valence-corrected chi connectivity index (χ2v) is 4.91. The molecule has 1 aliphatic heterocycles. The summed E-state index contributed by atoms with van der Waals surface area (Å²) in [5, 5.41) is 8.78. The lowest BCUT2D eigenvalue weighted by molar-refractivity contribution is -0.145. The number of amides is 1. The van der Waals surface area contributed by atoms with Gasteiger partial charge in [-0.1, -0.05) is 0 Å². The van der Waals surface area contributed by atoms with Crippen LogP contribution in [-0.2, 0) is 14.3 Å². The highest BCUT2D eigenvalue weighted by molar-refractivity contribution is 5.81. The lowest BCUT2D eigenvalue weighted by atomic mass is 10.0. The van der Waals surface area contributed by atoms with Crippen LogP contribution in [0.4, 0.5) is 0 Å². The summed E-state index contributed by atoms with van der Waals surface area (Å²) < 4.78 is 5.26. The van der Waals surface area contributed by atoms with Crippen molar-refractivity contribution in [1.82, 2.24) is 4.90 Å². The number of ether oxygens (including phenoxy) is 1. The van der Waals surface area contributed by atoms with Crippen LogP contribution in [0.15, 0.2) is 0 Å². The molecule has 2 fully saturated rings. The molecule has 1 unspecified atom stereocenters. The number of rotatable bonds is 6. The van der Waals surface area contributed by atoms with E-state index >= 15 is 0 Å². The number of nitrogens with zero attached hydrogens (tertiary/aromatic N) is 1. The van der Waals surface area contributed by atoms with Crippen molar-refractivity contribution in [3.8, 4) is 0 Å². The highest BCUT2D eigenvalue weighted by Crippen LogP contribution is 2.28. The second kappa shape index (κ2) is 5.49. The topological polar surface area (TPSA) is 66.8 Å². The van der Waals surface area contributed by atoms with E-state index < -0.39 is 5.97 Å². The summed E-state index contributed by atoms with van der Waals surface area (Å²) >= 11 is 0. The number of aliphatic carboxylic acids is 1. The van der Waals surface area contributed by atoms with Gasteiger partial charge in [0, 0.05) is 25.7 Å². The number of hydrogen-bond donors (Lipinski definition) is 1. The molecular formula is C12H19NO4. The van der Waals surface area contributed by atoms with Gasteiger partial charge in [-0.15, -0.1) is 0 Å². The van der Waals surface area contributed by atoms with Crippen LogP contribution in [0.3, 0.4) is 0 Å². The van der Waals surface area contributed by atoms with Crippen LogP contribution in [0.2, 0.25) is 0 Å². The van der Waals surface area contributed by atoms with Crippen LogP contribution >= 0.6 is 0 Å². The molecule has 5 nitrogen and oxygen atoms in total. The van der Waals surface area contributed by atoms with Crippen LogP contribution in [0.5, 0.6) is 0 Å². The average molecular weight is 241 g/mol. The number of hydrogen-bond acceptors (Lipinski definition) is 3. The first kappa shape index (κ1) is 12.4. The van der Waals surface area contributed by atoms with Gasteiger partial charge in [0.2, 0.25) is 5.91 Å². The number of carboxylic acid groups (broad SMARTS) is 1. The Balaban J connectivity index is 1.77. The molecule has 1 amide bonds. The van der Waals surface area contributed by atoms with Gasteiger partial charge in [-0.3, -0.25) is 9.59 Å². The summed E-state index contributed by atoms with van der Waals surface area (Å²) in [6.45, 7) is 1.39. The molecule has 1 saturated heterocycles. The van der Waals surface area contributed by atoms with Crippen LogP contribution < -0.4 is 0 Å². The predicted molar refractivity (Wildman–Crippen MR) is 60.5 cm³/mol. The third kappa shape index (κ3) is 3.70. The summed E-state index contributed by atoms with van der Waals surface area (Å²) in [6.07, 6.45) is 4.20. The zero-order chi connectivity index (χ0) is 12.3. The van der Waals surface area contributed by atoms with E-state index in [2.05, 4.69) is 0 Å². The SMILES string of the molecule is O=C(O)CN(C(=O)CCC1CCOC1)C1CC1. The van der Waals surface area contributed by atoms with Crippen molar-refractivity contribution in [2.75, 3.05) is 19.8 Å². The van der Waals surface area contributed by atoms with Gasteiger partial charge >= 0.3 is 5.97 Å². The fourth-order valence-electron chi connectivity index (χ4n) is 2.24. The predicted octanol–water partition coefficient (Wildman–Crippen LogP) is 0.879. The molecule has 2 rings (SSSR count). The van der Waals surface area contributed by atoms with E-state index in [9.17, 15) is 9.59 Å². The molecule has 1 heterocycles. The van der Waals surface area contributed by atoms with Crippen molar-refractivity contribution in [2.24, 2.45) is 5.92 Å². The van der Waals surface area contributed by atoms with E-state index in [1.165, 1.54) is 4.90 Å². The number of carboxylic acids is 1. The van der Waals surface area contributed by atoms with Crippen LogP contribution in [0.25, 0.3) is 0 Å². The zero-order valence-electron chi connectivity index (χ0n) is 9.93. The summed E-state index contributed by atoms with van der Waals surface area (Å²) in [5.41, 5.74) is 0. The summed E-state index contributed by atoms with van der Waals surface area (Å²) in [6, 6.07) is 0.179. The largest absolute Gasteiger partial charge is 0.480 e. The first-order chi connectivity index (χ1) is 8.16. The van der Waals surface area contributed by atoms with Gasteiger partial charge in [0.15, 0.2) is 0 Å². The first-order valence-corrected chi connectivity index (χ1v) is 6.26. The molecule has 1 aliphatic carbocycles. The Hall–Kier alpha value is -1.10. The quantitative estimate of drug-likeness (QED) is 0.749. The maximum atomic E-state index is 11.9. The smallest absolute Gasteiger partial charge is 0.323 e. The number of carbonyl (C=O) groups excluding carboxylic acids is 1. The minimum Gasteiger partial charge on any atom is -0.480 e. The highest BCUT2D eigenvalue weighted by atomic mass is 16.5. The fraction of sp³-hybridized carbons (Fsp3) is 0.833. The van der Waals surface area contributed by atoms with Gasteiger partial charge in [-0.05, 0) is 31.6 Å². The first-order valence-electron chi connectivity index (χ1n) is 6.26. The molecule has 0 spiro atoms.